The topological polar surface area (TPSA) is 84.4 Å². The van der Waals surface area contributed by atoms with Crippen molar-refractivity contribution in [3.63, 3.8) is 0 Å². The lowest BCUT2D eigenvalue weighted by Gasteiger charge is -2.33. The van der Waals surface area contributed by atoms with Gasteiger partial charge in [-0.3, -0.25) is 4.79 Å². The van der Waals surface area contributed by atoms with E-state index in [-0.39, 0.29) is 11.7 Å². The summed E-state index contributed by atoms with van der Waals surface area (Å²) in [4.78, 5) is 35.3. The fourth-order valence-corrected chi connectivity index (χ4v) is 4.69. The van der Waals surface area contributed by atoms with E-state index in [1.165, 1.54) is 24.4 Å². The van der Waals surface area contributed by atoms with Crippen LogP contribution in [-0.4, -0.2) is 47.8 Å². The fraction of sp³-hybridized carbons (Fsp3) is 0.308. The molecule has 0 aliphatic carbocycles. The highest BCUT2D eigenvalue weighted by molar-refractivity contribution is 7.99. The van der Waals surface area contributed by atoms with Gasteiger partial charge in [-0.2, -0.15) is 0 Å². The van der Waals surface area contributed by atoms with E-state index >= 15 is 0 Å². The predicted octanol–water partition coefficient (Wildman–Crippen LogP) is 4.45. The summed E-state index contributed by atoms with van der Waals surface area (Å²) < 4.78 is 4.72. The lowest BCUT2D eigenvalue weighted by Crippen LogP contribution is -2.35. The summed E-state index contributed by atoms with van der Waals surface area (Å²) in [6.45, 7) is 1.94. The van der Waals surface area contributed by atoms with Crippen molar-refractivity contribution in [2.24, 2.45) is 5.92 Å². The summed E-state index contributed by atoms with van der Waals surface area (Å²) in [5.74, 6) is 1.13. The van der Waals surface area contributed by atoms with Crippen LogP contribution in [0, 0.1) is 5.92 Å². The molecule has 1 aliphatic rings. The van der Waals surface area contributed by atoms with Gasteiger partial charge in [0.1, 0.15) is 5.82 Å². The monoisotopic (exact) mass is 476 g/mol. The van der Waals surface area contributed by atoms with Gasteiger partial charge in [-0.25, -0.2) is 14.8 Å². The molecule has 1 saturated heterocycles. The van der Waals surface area contributed by atoms with E-state index in [1.807, 2.05) is 6.07 Å². The van der Waals surface area contributed by atoms with Gasteiger partial charge in [0.15, 0.2) is 5.16 Å². The Morgan fingerprint density at radius 2 is 1.88 bits per heavy atom. The van der Waals surface area contributed by atoms with Crippen LogP contribution >= 0.6 is 11.8 Å². The molecule has 4 rings (SSSR count). The molecule has 176 valence electrons. The molecule has 1 aliphatic heterocycles. The molecule has 0 unspecified atom stereocenters. The van der Waals surface area contributed by atoms with Crippen LogP contribution in [0.2, 0.25) is 0 Å². The quantitative estimate of drug-likeness (QED) is 0.292. The Morgan fingerprint density at radius 1 is 1.09 bits per heavy atom. The van der Waals surface area contributed by atoms with Crippen LogP contribution in [-0.2, 0) is 16.0 Å². The molecule has 8 heteroatoms. The summed E-state index contributed by atoms with van der Waals surface area (Å²) in [5, 5.41) is 3.37. The summed E-state index contributed by atoms with van der Waals surface area (Å²) in [6, 6.07) is 19.3. The molecule has 1 fully saturated rings. The third kappa shape index (κ3) is 6.57. The largest absolute Gasteiger partial charge is 0.465 e. The highest BCUT2D eigenvalue weighted by atomic mass is 32.2. The number of benzene rings is 2. The van der Waals surface area contributed by atoms with E-state index in [1.54, 1.807) is 30.5 Å². The van der Waals surface area contributed by atoms with Crippen molar-refractivity contribution in [3.05, 3.63) is 78.0 Å². The highest BCUT2D eigenvalue weighted by Gasteiger charge is 2.21. The SMILES string of the molecule is COC(=O)c1cccc(NC(=O)CSc2nccc(N3CCC(Cc4ccccc4)CC3)n2)c1. The van der Waals surface area contributed by atoms with E-state index in [9.17, 15) is 9.59 Å². The minimum absolute atomic E-state index is 0.172. The van der Waals surface area contributed by atoms with Gasteiger partial charge in [0.25, 0.3) is 0 Å². The summed E-state index contributed by atoms with van der Waals surface area (Å²) in [7, 11) is 1.32. The number of carbonyl (C=O) groups is 2. The fourth-order valence-electron chi connectivity index (χ4n) is 4.06. The molecular weight excluding hydrogens is 448 g/mol. The number of carbonyl (C=O) groups excluding carboxylic acids is 2. The van der Waals surface area contributed by atoms with E-state index < -0.39 is 5.97 Å². The number of nitrogens with one attached hydrogen (secondary N) is 1. The van der Waals surface area contributed by atoms with Gasteiger partial charge >= 0.3 is 5.97 Å². The molecule has 0 bridgehead atoms. The molecule has 3 aromatic rings. The zero-order chi connectivity index (χ0) is 23.8. The second-order valence-electron chi connectivity index (χ2n) is 8.23. The van der Waals surface area contributed by atoms with Crippen molar-refractivity contribution >= 4 is 35.1 Å². The molecule has 0 atom stereocenters. The summed E-state index contributed by atoms with van der Waals surface area (Å²) in [5.41, 5.74) is 2.33. The zero-order valence-corrected chi connectivity index (χ0v) is 20.0. The number of methoxy groups -OCH3 is 1. The molecule has 1 N–H and O–H groups in total. The van der Waals surface area contributed by atoms with E-state index in [0.29, 0.717) is 22.3 Å². The van der Waals surface area contributed by atoms with Crippen molar-refractivity contribution in [2.75, 3.05) is 36.2 Å². The van der Waals surface area contributed by atoms with Crippen molar-refractivity contribution in [1.29, 1.82) is 0 Å². The lowest BCUT2D eigenvalue weighted by molar-refractivity contribution is -0.113. The number of aromatic nitrogens is 2. The minimum Gasteiger partial charge on any atom is -0.465 e. The number of hydrogen-bond donors (Lipinski definition) is 1. The normalized spacial score (nSPS) is 14.0. The second kappa shape index (κ2) is 11.7. The minimum atomic E-state index is -0.445. The molecule has 1 amide bonds. The number of nitrogens with zero attached hydrogens (tertiary/aromatic N) is 3. The lowest BCUT2D eigenvalue weighted by atomic mass is 9.90. The van der Waals surface area contributed by atoms with Crippen molar-refractivity contribution in [3.8, 4) is 0 Å². The van der Waals surface area contributed by atoms with Crippen LogP contribution in [0.1, 0.15) is 28.8 Å². The average molecular weight is 477 g/mol. The Morgan fingerprint density at radius 3 is 2.65 bits per heavy atom. The maximum atomic E-state index is 12.4. The molecule has 2 heterocycles. The van der Waals surface area contributed by atoms with Crippen LogP contribution in [0.5, 0.6) is 0 Å². The van der Waals surface area contributed by atoms with E-state index in [4.69, 9.17) is 4.74 Å². The van der Waals surface area contributed by atoms with Crippen molar-refractivity contribution in [2.45, 2.75) is 24.4 Å². The van der Waals surface area contributed by atoms with Gasteiger partial charge in [-0.1, -0.05) is 48.2 Å². The van der Waals surface area contributed by atoms with Gasteiger partial charge in [-0.15, -0.1) is 0 Å². The molecular formula is C26H28N4O3S. The second-order valence-corrected chi connectivity index (χ2v) is 9.17. The zero-order valence-electron chi connectivity index (χ0n) is 19.1. The number of piperidine rings is 1. The predicted molar refractivity (Wildman–Crippen MR) is 134 cm³/mol. The Bertz CT molecular complexity index is 1120. The van der Waals surface area contributed by atoms with E-state index in [0.717, 1.165) is 38.2 Å². The molecule has 1 aromatic heterocycles. The van der Waals surface area contributed by atoms with Crippen LogP contribution in [0.15, 0.2) is 72.0 Å². The first kappa shape index (κ1) is 23.8. The molecule has 34 heavy (non-hydrogen) atoms. The number of ether oxygens (including phenoxy) is 1. The first-order valence-electron chi connectivity index (χ1n) is 11.3. The highest BCUT2D eigenvalue weighted by Crippen LogP contribution is 2.26. The molecule has 2 aromatic carbocycles. The maximum Gasteiger partial charge on any atom is 0.337 e. The standard InChI is InChI=1S/C26H28N4O3S/c1-33-25(32)21-8-5-9-22(17-21)28-24(31)18-34-26-27-13-10-23(29-26)30-14-11-20(12-15-30)16-19-6-3-2-4-7-19/h2-10,13,17,20H,11-12,14-16,18H2,1H3,(H,28,31). The first-order valence-corrected chi connectivity index (χ1v) is 12.3. The first-order chi connectivity index (χ1) is 16.6. The van der Waals surface area contributed by atoms with Crippen LogP contribution in [0.4, 0.5) is 11.5 Å². The van der Waals surface area contributed by atoms with Gasteiger partial charge < -0.3 is 15.0 Å². The third-order valence-corrected chi connectivity index (χ3v) is 6.69. The number of amides is 1. The van der Waals surface area contributed by atoms with Gasteiger partial charge in [-0.05, 0) is 55.0 Å². The molecule has 0 spiro atoms. The number of rotatable bonds is 8. The van der Waals surface area contributed by atoms with Gasteiger partial charge in [0.2, 0.25) is 5.91 Å². The smallest absolute Gasteiger partial charge is 0.337 e. The average Bonchev–Trinajstić information content (AvgIpc) is 2.88. The summed E-state index contributed by atoms with van der Waals surface area (Å²) >= 11 is 1.29. The van der Waals surface area contributed by atoms with Crippen molar-refractivity contribution < 1.29 is 14.3 Å². The Balaban J connectivity index is 1.27. The molecule has 7 nitrogen and oxygen atoms in total. The third-order valence-electron chi connectivity index (χ3n) is 5.82. The Kier molecular flexibility index (Phi) is 8.14. The Hall–Kier alpha value is -3.39. The number of thioether (sulfide) groups is 1. The van der Waals surface area contributed by atoms with Gasteiger partial charge in [0.05, 0.1) is 18.4 Å². The van der Waals surface area contributed by atoms with E-state index in [2.05, 4.69) is 50.5 Å². The number of esters is 1. The van der Waals surface area contributed by atoms with Gasteiger partial charge in [0, 0.05) is 25.0 Å². The van der Waals surface area contributed by atoms with Crippen LogP contribution < -0.4 is 10.2 Å². The van der Waals surface area contributed by atoms with Crippen LogP contribution in [0.3, 0.4) is 0 Å². The Labute approximate surface area is 203 Å². The number of hydrogen-bond acceptors (Lipinski definition) is 7. The summed E-state index contributed by atoms with van der Waals surface area (Å²) in [6.07, 6.45) is 5.14. The number of anilines is 2. The van der Waals surface area contributed by atoms with Crippen LogP contribution in [0.25, 0.3) is 0 Å². The molecule has 0 saturated carbocycles. The molecule has 0 radical (unpaired) electrons. The van der Waals surface area contributed by atoms with Crippen molar-refractivity contribution in [1.82, 2.24) is 9.97 Å². The maximum absolute atomic E-state index is 12.4.